The van der Waals surface area contributed by atoms with Gasteiger partial charge in [-0.05, 0) is 25.3 Å². The SMILES string of the molecule is O=C(c1cccc([N+](=O)[O-])c1)N1CCCCC1CCl. The van der Waals surface area contributed by atoms with Gasteiger partial charge in [-0.15, -0.1) is 11.6 Å². The molecule has 0 radical (unpaired) electrons. The topological polar surface area (TPSA) is 63.4 Å². The van der Waals surface area contributed by atoms with E-state index in [0.29, 0.717) is 18.0 Å². The Morgan fingerprint density at radius 3 is 2.95 bits per heavy atom. The first-order valence-corrected chi connectivity index (χ1v) is 6.78. The Morgan fingerprint density at radius 1 is 1.47 bits per heavy atom. The third-order valence-corrected chi connectivity index (χ3v) is 3.73. The van der Waals surface area contributed by atoms with Gasteiger partial charge in [0.15, 0.2) is 0 Å². The molecule has 1 aromatic carbocycles. The zero-order valence-corrected chi connectivity index (χ0v) is 11.2. The van der Waals surface area contributed by atoms with Gasteiger partial charge in [-0.3, -0.25) is 14.9 Å². The standard InChI is InChI=1S/C13H15ClN2O3/c14-9-12-5-1-2-7-15(12)13(17)10-4-3-6-11(8-10)16(18)19/h3-4,6,8,12H,1-2,5,7,9H2. The van der Waals surface area contributed by atoms with E-state index in [1.807, 2.05) is 0 Å². The number of benzene rings is 1. The van der Waals surface area contributed by atoms with Crippen LogP contribution in [0.4, 0.5) is 5.69 Å². The average molecular weight is 283 g/mol. The van der Waals surface area contributed by atoms with Crippen molar-refractivity contribution in [3.05, 3.63) is 39.9 Å². The summed E-state index contributed by atoms with van der Waals surface area (Å²) < 4.78 is 0. The van der Waals surface area contributed by atoms with Crippen LogP contribution in [-0.2, 0) is 0 Å². The summed E-state index contributed by atoms with van der Waals surface area (Å²) in [5.74, 6) is 0.231. The first-order valence-electron chi connectivity index (χ1n) is 6.25. The number of hydrogen-bond acceptors (Lipinski definition) is 3. The predicted octanol–water partition coefficient (Wildman–Crippen LogP) is 2.83. The summed E-state index contributed by atoms with van der Waals surface area (Å²) in [5.41, 5.74) is 0.288. The van der Waals surface area contributed by atoms with E-state index in [9.17, 15) is 14.9 Å². The number of amides is 1. The van der Waals surface area contributed by atoms with Crippen molar-refractivity contribution in [2.45, 2.75) is 25.3 Å². The molecule has 1 aliphatic heterocycles. The number of likely N-dealkylation sites (tertiary alicyclic amines) is 1. The molecule has 19 heavy (non-hydrogen) atoms. The molecule has 1 atom stereocenters. The lowest BCUT2D eigenvalue weighted by Crippen LogP contribution is -2.44. The zero-order valence-electron chi connectivity index (χ0n) is 10.4. The minimum Gasteiger partial charge on any atom is -0.334 e. The lowest BCUT2D eigenvalue weighted by Gasteiger charge is -2.34. The molecule has 0 N–H and O–H groups in total. The van der Waals surface area contributed by atoms with Crippen molar-refractivity contribution < 1.29 is 9.72 Å². The molecule has 6 heteroatoms. The van der Waals surface area contributed by atoms with E-state index >= 15 is 0 Å². The highest BCUT2D eigenvalue weighted by atomic mass is 35.5. The highest BCUT2D eigenvalue weighted by Crippen LogP contribution is 2.22. The molecule has 0 bridgehead atoms. The Labute approximate surface area is 116 Å². The number of nitrogens with zero attached hydrogens (tertiary/aromatic N) is 2. The van der Waals surface area contributed by atoms with Crippen molar-refractivity contribution in [2.75, 3.05) is 12.4 Å². The number of halogens is 1. The van der Waals surface area contributed by atoms with Crippen LogP contribution in [0.5, 0.6) is 0 Å². The normalized spacial score (nSPS) is 19.2. The van der Waals surface area contributed by atoms with E-state index in [1.54, 1.807) is 11.0 Å². The van der Waals surface area contributed by atoms with Gasteiger partial charge in [0, 0.05) is 36.2 Å². The number of nitro benzene ring substituents is 1. The summed E-state index contributed by atoms with van der Waals surface area (Å²) in [5, 5.41) is 10.7. The van der Waals surface area contributed by atoms with Crippen molar-refractivity contribution >= 4 is 23.2 Å². The first kappa shape index (κ1) is 13.8. The second kappa shape index (κ2) is 6.02. The van der Waals surface area contributed by atoms with Crippen molar-refractivity contribution in [2.24, 2.45) is 0 Å². The second-order valence-electron chi connectivity index (χ2n) is 4.61. The molecule has 1 heterocycles. The molecule has 1 fully saturated rings. The van der Waals surface area contributed by atoms with Crippen LogP contribution < -0.4 is 0 Å². The maximum atomic E-state index is 12.4. The van der Waals surface area contributed by atoms with Gasteiger partial charge in [-0.25, -0.2) is 0 Å². The van der Waals surface area contributed by atoms with E-state index in [-0.39, 0.29) is 17.6 Å². The van der Waals surface area contributed by atoms with Gasteiger partial charge in [-0.1, -0.05) is 6.07 Å². The molecule has 1 unspecified atom stereocenters. The van der Waals surface area contributed by atoms with Gasteiger partial charge in [-0.2, -0.15) is 0 Å². The van der Waals surface area contributed by atoms with E-state index in [1.165, 1.54) is 18.2 Å². The Balaban J connectivity index is 2.22. The third kappa shape index (κ3) is 3.04. The molecule has 0 spiro atoms. The summed E-state index contributed by atoms with van der Waals surface area (Å²) in [4.78, 5) is 24.4. The molecule has 0 aliphatic carbocycles. The van der Waals surface area contributed by atoms with Crippen LogP contribution in [0, 0.1) is 10.1 Å². The molecule has 102 valence electrons. The molecule has 1 saturated heterocycles. The van der Waals surface area contributed by atoms with Crippen molar-refractivity contribution in [1.29, 1.82) is 0 Å². The molecular formula is C13H15ClN2O3. The Bertz CT molecular complexity index is 493. The van der Waals surface area contributed by atoms with E-state index < -0.39 is 4.92 Å². The summed E-state index contributed by atoms with van der Waals surface area (Å²) in [7, 11) is 0. The summed E-state index contributed by atoms with van der Waals surface area (Å²) in [6.07, 6.45) is 2.91. The number of rotatable bonds is 3. The van der Waals surface area contributed by atoms with Crippen LogP contribution in [0.3, 0.4) is 0 Å². The van der Waals surface area contributed by atoms with Crippen molar-refractivity contribution in [3.63, 3.8) is 0 Å². The number of carbonyl (C=O) groups excluding carboxylic acids is 1. The van der Waals surface area contributed by atoms with Crippen LogP contribution >= 0.6 is 11.6 Å². The minimum absolute atomic E-state index is 0.0298. The fraction of sp³-hybridized carbons (Fsp3) is 0.462. The van der Waals surface area contributed by atoms with Crippen molar-refractivity contribution in [3.8, 4) is 0 Å². The van der Waals surface area contributed by atoms with E-state index in [4.69, 9.17) is 11.6 Å². The Hall–Kier alpha value is -1.62. The van der Waals surface area contributed by atoms with E-state index in [2.05, 4.69) is 0 Å². The average Bonchev–Trinajstić information content (AvgIpc) is 2.46. The number of nitro groups is 1. The van der Waals surface area contributed by atoms with Gasteiger partial charge >= 0.3 is 0 Å². The number of hydrogen-bond donors (Lipinski definition) is 0. The minimum atomic E-state index is -0.494. The third-order valence-electron chi connectivity index (χ3n) is 3.37. The molecule has 5 nitrogen and oxygen atoms in total. The Morgan fingerprint density at radius 2 is 2.26 bits per heavy atom. The number of carbonyl (C=O) groups is 1. The fourth-order valence-electron chi connectivity index (χ4n) is 2.35. The van der Waals surface area contributed by atoms with Gasteiger partial charge in [0.1, 0.15) is 0 Å². The highest BCUT2D eigenvalue weighted by molar-refractivity contribution is 6.18. The Kier molecular flexibility index (Phi) is 4.37. The molecule has 1 aromatic rings. The zero-order chi connectivity index (χ0) is 13.8. The number of piperidine rings is 1. The maximum absolute atomic E-state index is 12.4. The largest absolute Gasteiger partial charge is 0.334 e. The molecule has 0 saturated carbocycles. The van der Waals surface area contributed by atoms with Gasteiger partial charge in [0.05, 0.1) is 4.92 Å². The van der Waals surface area contributed by atoms with Crippen molar-refractivity contribution in [1.82, 2.24) is 4.90 Å². The van der Waals surface area contributed by atoms with Crippen LogP contribution in [0.15, 0.2) is 24.3 Å². The van der Waals surface area contributed by atoms with Crippen LogP contribution in [-0.4, -0.2) is 34.2 Å². The van der Waals surface area contributed by atoms with Crippen LogP contribution in [0.25, 0.3) is 0 Å². The monoisotopic (exact) mass is 282 g/mol. The summed E-state index contributed by atoms with van der Waals surface area (Å²) >= 11 is 5.89. The maximum Gasteiger partial charge on any atom is 0.270 e. The smallest absolute Gasteiger partial charge is 0.270 e. The number of alkyl halides is 1. The second-order valence-corrected chi connectivity index (χ2v) is 4.92. The lowest BCUT2D eigenvalue weighted by molar-refractivity contribution is -0.384. The first-order chi connectivity index (χ1) is 9.13. The summed E-state index contributed by atoms with van der Waals surface area (Å²) in [6.45, 7) is 0.666. The quantitative estimate of drug-likeness (QED) is 0.486. The van der Waals surface area contributed by atoms with Gasteiger partial charge in [0.2, 0.25) is 0 Å². The van der Waals surface area contributed by atoms with Crippen LogP contribution in [0.1, 0.15) is 29.6 Å². The van der Waals surface area contributed by atoms with E-state index in [0.717, 1.165) is 19.3 Å². The fourth-order valence-corrected chi connectivity index (χ4v) is 2.67. The predicted molar refractivity (Wildman–Crippen MR) is 72.5 cm³/mol. The van der Waals surface area contributed by atoms with Crippen LogP contribution in [0.2, 0.25) is 0 Å². The molecule has 2 rings (SSSR count). The van der Waals surface area contributed by atoms with Gasteiger partial charge in [0.25, 0.3) is 11.6 Å². The molecule has 0 aromatic heterocycles. The summed E-state index contributed by atoms with van der Waals surface area (Å²) in [6, 6.07) is 5.87. The highest BCUT2D eigenvalue weighted by Gasteiger charge is 2.27. The molecular weight excluding hydrogens is 268 g/mol. The number of non-ortho nitro benzene ring substituents is 1. The molecule has 1 aliphatic rings. The van der Waals surface area contributed by atoms with Gasteiger partial charge < -0.3 is 4.90 Å². The molecule has 1 amide bonds. The lowest BCUT2D eigenvalue weighted by atomic mass is 10.0.